The van der Waals surface area contributed by atoms with Crippen molar-refractivity contribution in [1.82, 2.24) is 9.97 Å². The number of nitrogens with one attached hydrogen (secondary N) is 2. The lowest BCUT2D eigenvalue weighted by atomic mass is 10.0. The largest absolute Gasteiger partial charge is 0.451 e. The Labute approximate surface area is 229 Å². The van der Waals surface area contributed by atoms with Gasteiger partial charge in [-0.05, 0) is 55.7 Å². The Morgan fingerprint density at radius 2 is 1.82 bits per heavy atom. The Hall–Kier alpha value is -4.50. The van der Waals surface area contributed by atoms with Crippen molar-refractivity contribution in [1.29, 1.82) is 5.26 Å². The van der Waals surface area contributed by atoms with Gasteiger partial charge in [0, 0.05) is 42.0 Å². The summed E-state index contributed by atoms with van der Waals surface area (Å²) < 4.78 is 45.9. The number of morpholine rings is 1. The summed E-state index contributed by atoms with van der Waals surface area (Å²) in [5.74, 6) is -2.87. The molecule has 2 aromatic carbocycles. The highest BCUT2D eigenvalue weighted by atomic mass is 19.4. The van der Waals surface area contributed by atoms with Crippen molar-refractivity contribution in [3.05, 3.63) is 76.7 Å². The molecule has 2 amide bonds. The molecular formula is C28H27F3N6O3. The number of hydrogen-bond acceptors (Lipinski definition) is 7. The van der Waals surface area contributed by atoms with Crippen LogP contribution >= 0.6 is 0 Å². The number of nitriles is 1. The van der Waals surface area contributed by atoms with Crippen molar-refractivity contribution in [2.24, 2.45) is 5.92 Å². The molecule has 40 heavy (non-hydrogen) atoms. The van der Waals surface area contributed by atoms with Crippen molar-refractivity contribution in [3.8, 4) is 6.07 Å². The van der Waals surface area contributed by atoms with E-state index in [2.05, 4.69) is 26.7 Å². The highest BCUT2D eigenvalue weighted by molar-refractivity contribution is 6.06. The minimum atomic E-state index is -4.85. The third kappa shape index (κ3) is 7.12. The highest BCUT2D eigenvalue weighted by Gasteiger charge is 2.36. The average Bonchev–Trinajstić information content (AvgIpc) is 2.94. The molecule has 1 aromatic heterocycles. The molecule has 0 bridgehead atoms. The Bertz CT molecular complexity index is 1450. The molecule has 3 aromatic rings. The summed E-state index contributed by atoms with van der Waals surface area (Å²) in [4.78, 5) is 34.7. The summed E-state index contributed by atoms with van der Waals surface area (Å²) in [6.45, 7) is 4.82. The zero-order chi connectivity index (χ0) is 28.9. The van der Waals surface area contributed by atoms with E-state index in [1.54, 1.807) is 49.1 Å². The number of carbonyl (C=O) groups excluding carboxylic acids is 2. The first-order chi connectivity index (χ1) is 19.0. The Balaban J connectivity index is 1.54. The Morgan fingerprint density at radius 1 is 1.07 bits per heavy atom. The Morgan fingerprint density at radius 3 is 2.52 bits per heavy atom. The maximum absolute atomic E-state index is 13.5. The average molecular weight is 553 g/mol. The number of amides is 2. The quantitative estimate of drug-likeness (QED) is 0.430. The van der Waals surface area contributed by atoms with Gasteiger partial charge in [0.1, 0.15) is 11.5 Å². The molecule has 0 saturated carbocycles. The topological polar surface area (TPSA) is 120 Å². The minimum Gasteiger partial charge on any atom is -0.378 e. The van der Waals surface area contributed by atoms with E-state index < -0.39 is 29.5 Å². The molecule has 1 saturated heterocycles. The van der Waals surface area contributed by atoms with Crippen LogP contribution in [0.4, 0.5) is 30.4 Å². The third-order valence-electron chi connectivity index (χ3n) is 6.23. The molecule has 1 atom stereocenters. The van der Waals surface area contributed by atoms with Crippen LogP contribution in [0.2, 0.25) is 0 Å². The number of ether oxygens (including phenoxy) is 1. The number of nitrogens with zero attached hydrogens (tertiary/aromatic N) is 4. The van der Waals surface area contributed by atoms with Gasteiger partial charge < -0.3 is 20.3 Å². The fourth-order valence-corrected chi connectivity index (χ4v) is 4.09. The van der Waals surface area contributed by atoms with Crippen LogP contribution in [0, 0.1) is 24.2 Å². The number of hydrogen-bond donors (Lipinski definition) is 2. The summed E-state index contributed by atoms with van der Waals surface area (Å²) in [6, 6.07) is 15.1. The molecule has 1 unspecified atom stereocenters. The predicted molar refractivity (Wildman–Crippen MR) is 142 cm³/mol. The van der Waals surface area contributed by atoms with Crippen molar-refractivity contribution in [2.45, 2.75) is 26.4 Å². The number of aryl methyl sites for hydroxylation is 1. The third-order valence-corrected chi connectivity index (χ3v) is 6.23. The predicted octanol–water partition coefficient (Wildman–Crippen LogP) is 4.85. The fourth-order valence-electron chi connectivity index (χ4n) is 4.09. The number of rotatable bonds is 7. The monoisotopic (exact) mass is 552 g/mol. The molecule has 2 N–H and O–H groups in total. The fraction of sp³-hybridized carbons (Fsp3) is 0.321. The van der Waals surface area contributed by atoms with E-state index in [0.717, 1.165) is 5.56 Å². The molecular weight excluding hydrogens is 525 g/mol. The van der Waals surface area contributed by atoms with E-state index in [4.69, 9.17) is 10.00 Å². The van der Waals surface area contributed by atoms with Crippen LogP contribution in [-0.4, -0.2) is 48.1 Å². The van der Waals surface area contributed by atoms with Crippen LogP contribution in [0.1, 0.15) is 44.7 Å². The number of carbonyl (C=O) groups is 2. The van der Waals surface area contributed by atoms with Gasteiger partial charge in [-0.3, -0.25) is 9.59 Å². The van der Waals surface area contributed by atoms with Crippen molar-refractivity contribution in [2.75, 3.05) is 41.8 Å². The van der Waals surface area contributed by atoms with E-state index >= 15 is 0 Å². The van der Waals surface area contributed by atoms with Crippen molar-refractivity contribution in [3.63, 3.8) is 0 Å². The Kier molecular flexibility index (Phi) is 8.64. The maximum Gasteiger partial charge on any atom is 0.451 e. The number of anilines is 3. The zero-order valence-electron chi connectivity index (χ0n) is 21.9. The number of alkyl halides is 3. The second-order valence-electron chi connectivity index (χ2n) is 9.40. The van der Waals surface area contributed by atoms with Gasteiger partial charge in [-0.2, -0.15) is 18.4 Å². The first kappa shape index (κ1) is 28.5. The number of benzene rings is 2. The van der Waals surface area contributed by atoms with Crippen LogP contribution in [0.5, 0.6) is 0 Å². The number of aromatic nitrogens is 2. The van der Waals surface area contributed by atoms with Gasteiger partial charge in [-0.1, -0.05) is 18.2 Å². The lowest BCUT2D eigenvalue weighted by Crippen LogP contribution is -2.37. The van der Waals surface area contributed by atoms with E-state index in [-0.39, 0.29) is 11.7 Å². The van der Waals surface area contributed by atoms with Gasteiger partial charge in [0.25, 0.3) is 11.8 Å². The summed E-state index contributed by atoms with van der Waals surface area (Å²) in [7, 11) is 0. The SMILES string of the molecule is Cc1ccc(NC(=O)c2cccc(CC(C)C#N)c2)cc1NC(=O)c1cc(N2CCOCC2)nc(C(F)(F)F)n1. The summed E-state index contributed by atoms with van der Waals surface area (Å²) in [5.41, 5.74) is 2.08. The molecule has 208 valence electrons. The molecule has 0 spiro atoms. The molecule has 1 aliphatic heterocycles. The van der Waals surface area contributed by atoms with Crippen LogP contribution < -0.4 is 15.5 Å². The van der Waals surface area contributed by atoms with Crippen LogP contribution in [0.15, 0.2) is 48.5 Å². The van der Waals surface area contributed by atoms with Crippen LogP contribution in [0.25, 0.3) is 0 Å². The lowest BCUT2D eigenvalue weighted by Gasteiger charge is -2.28. The standard InChI is InChI=1S/C28H27F3N6O3/c1-17(16-32)12-19-4-3-5-20(13-19)25(38)33-21-7-6-18(2)22(14-21)34-26(39)23-15-24(37-8-10-40-11-9-37)36-27(35-23)28(29,30)31/h3-7,13-15,17H,8-12H2,1-2H3,(H,33,38)(H,34,39). The van der Waals surface area contributed by atoms with Gasteiger partial charge in [0.15, 0.2) is 0 Å². The van der Waals surface area contributed by atoms with Gasteiger partial charge in [0.05, 0.1) is 19.3 Å². The van der Waals surface area contributed by atoms with E-state index in [9.17, 15) is 22.8 Å². The van der Waals surface area contributed by atoms with Crippen LogP contribution in [-0.2, 0) is 17.3 Å². The number of halogens is 3. The minimum absolute atomic E-state index is 0.0140. The first-order valence-corrected chi connectivity index (χ1v) is 12.5. The maximum atomic E-state index is 13.5. The van der Waals surface area contributed by atoms with E-state index in [0.29, 0.717) is 55.2 Å². The summed E-state index contributed by atoms with van der Waals surface area (Å²) in [5, 5.41) is 14.4. The molecule has 0 radical (unpaired) electrons. The molecule has 2 heterocycles. The highest BCUT2D eigenvalue weighted by Crippen LogP contribution is 2.29. The summed E-state index contributed by atoms with van der Waals surface area (Å²) in [6.07, 6.45) is -4.34. The molecule has 9 nitrogen and oxygen atoms in total. The molecule has 1 aliphatic rings. The molecule has 1 fully saturated rings. The van der Waals surface area contributed by atoms with Crippen LogP contribution in [0.3, 0.4) is 0 Å². The summed E-state index contributed by atoms with van der Waals surface area (Å²) >= 11 is 0. The lowest BCUT2D eigenvalue weighted by molar-refractivity contribution is -0.144. The first-order valence-electron chi connectivity index (χ1n) is 12.5. The second kappa shape index (κ2) is 12.1. The smallest absolute Gasteiger partial charge is 0.378 e. The molecule has 4 rings (SSSR count). The normalized spacial score (nSPS) is 14.2. The van der Waals surface area contributed by atoms with Crippen molar-refractivity contribution >= 4 is 29.0 Å². The van der Waals surface area contributed by atoms with Crippen molar-refractivity contribution < 1.29 is 27.5 Å². The molecule has 0 aliphatic carbocycles. The van der Waals surface area contributed by atoms with E-state index in [1.807, 2.05) is 6.07 Å². The van der Waals surface area contributed by atoms with Gasteiger partial charge in [-0.25, -0.2) is 9.97 Å². The van der Waals surface area contributed by atoms with Gasteiger partial charge in [-0.15, -0.1) is 0 Å². The van der Waals surface area contributed by atoms with Gasteiger partial charge in [0.2, 0.25) is 5.82 Å². The second-order valence-corrected chi connectivity index (χ2v) is 9.40. The zero-order valence-corrected chi connectivity index (χ0v) is 21.9. The van der Waals surface area contributed by atoms with E-state index in [1.165, 1.54) is 12.1 Å². The van der Waals surface area contributed by atoms with Gasteiger partial charge >= 0.3 is 6.18 Å². The molecule has 12 heteroatoms.